The van der Waals surface area contributed by atoms with Gasteiger partial charge in [0.05, 0.1) is 18.5 Å². The predicted octanol–water partition coefficient (Wildman–Crippen LogP) is 4.49. The number of aromatic nitrogens is 2. The van der Waals surface area contributed by atoms with E-state index in [9.17, 15) is 9.90 Å². The molecule has 0 aliphatic heterocycles. The minimum absolute atomic E-state index is 0.0897. The Morgan fingerprint density at radius 1 is 1.16 bits per heavy atom. The Labute approximate surface area is 179 Å². The van der Waals surface area contributed by atoms with Crippen molar-refractivity contribution >= 4 is 22.9 Å². The van der Waals surface area contributed by atoms with Crippen molar-refractivity contribution in [3.63, 3.8) is 0 Å². The summed E-state index contributed by atoms with van der Waals surface area (Å²) in [5, 5.41) is 22.9. The van der Waals surface area contributed by atoms with Crippen LogP contribution in [0.4, 0.5) is 0 Å². The van der Waals surface area contributed by atoms with E-state index in [-0.39, 0.29) is 11.4 Å². The second-order valence-corrected chi connectivity index (χ2v) is 6.96. The molecule has 7 heteroatoms. The molecule has 4 rings (SSSR count). The number of aromatic amines is 1. The first-order valence-electron chi connectivity index (χ1n) is 9.98. The first kappa shape index (κ1) is 20.2. The third-order valence-corrected chi connectivity index (χ3v) is 4.75. The summed E-state index contributed by atoms with van der Waals surface area (Å²) in [6.07, 6.45) is 2.38. The zero-order valence-electron chi connectivity index (χ0n) is 17.0. The molecule has 0 saturated carbocycles. The first-order valence-corrected chi connectivity index (χ1v) is 9.98. The summed E-state index contributed by atoms with van der Waals surface area (Å²) in [5.41, 5.74) is 4.78. The molecule has 0 bridgehead atoms. The van der Waals surface area contributed by atoms with Crippen molar-refractivity contribution in [2.75, 3.05) is 6.61 Å². The molecule has 1 heterocycles. The number of amides is 1. The van der Waals surface area contributed by atoms with Gasteiger partial charge in [-0.3, -0.25) is 9.89 Å². The maximum Gasteiger partial charge on any atom is 0.289 e. The molecule has 0 saturated heterocycles. The Bertz CT molecular complexity index is 1230. The molecule has 0 aliphatic carbocycles. The molecule has 3 N–H and O–H groups in total. The van der Waals surface area contributed by atoms with Crippen LogP contribution in [0, 0.1) is 0 Å². The van der Waals surface area contributed by atoms with Crippen molar-refractivity contribution in [1.29, 1.82) is 0 Å². The number of nitrogens with one attached hydrogen (secondary N) is 2. The quantitative estimate of drug-likeness (QED) is 0.306. The Balaban J connectivity index is 1.45. The third kappa shape index (κ3) is 4.56. The first-order chi connectivity index (χ1) is 15.2. The molecule has 0 fully saturated rings. The van der Waals surface area contributed by atoms with Gasteiger partial charge in [-0.15, -0.1) is 0 Å². The smallest absolute Gasteiger partial charge is 0.289 e. The van der Waals surface area contributed by atoms with Crippen molar-refractivity contribution in [3.8, 4) is 22.8 Å². The fourth-order valence-electron chi connectivity index (χ4n) is 3.16. The van der Waals surface area contributed by atoms with Gasteiger partial charge in [0.2, 0.25) is 0 Å². The van der Waals surface area contributed by atoms with Gasteiger partial charge in [-0.1, -0.05) is 37.3 Å². The number of rotatable bonds is 7. The van der Waals surface area contributed by atoms with Crippen LogP contribution in [0.5, 0.6) is 11.5 Å². The van der Waals surface area contributed by atoms with E-state index < -0.39 is 5.91 Å². The predicted molar refractivity (Wildman–Crippen MR) is 120 cm³/mol. The number of phenolic OH excluding ortho intramolecular Hbond substituents is 1. The fraction of sp³-hybridized carbons (Fsp3) is 0.125. The number of nitrogens with zero attached hydrogens (tertiary/aromatic N) is 2. The number of hydrogen-bond donors (Lipinski definition) is 3. The van der Waals surface area contributed by atoms with E-state index in [1.807, 2.05) is 54.6 Å². The summed E-state index contributed by atoms with van der Waals surface area (Å²) < 4.78 is 5.58. The number of hydrazone groups is 1. The third-order valence-electron chi connectivity index (χ3n) is 4.75. The van der Waals surface area contributed by atoms with Crippen LogP contribution in [0.3, 0.4) is 0 Å². The van der Waals surface area contributed by atoms with Crippen molar-refractivity contribution in [2.45, 2.75) is 13.3 Å². The normalized spacial score (nSPS) is 11.1. The van der Waals surface area contributed by atoms with E-state index in [2.05, 4.69) is 27.6 Å². The summed E-state index contributed by atoms with van der Waals surface area (Å²) in [4.78, 5) is 12.4. The lowest BCUT2D eigenvalue weighted by Crippen LogP contribution is -2.18. The van der Waals surface area contributed by atoms with Crippen LogP contribution >= 0.6 is 0 Å². The Morgan fingerprint density at radius 2 is 1.97 bits per heavy atom. The number of benzene rings is 3. The van der Waals surface area contributed by atoms with Crippen LogP contribution in [-0.2, 0) is 0 Å². The van der Waals surface area contributed by atoms with Crippen LogP contribution in [0.25, 0.3) is 22.0 Å². The molecular weight excluding hydrogens is 392 g/mol. The van der Waals surface area contributed by atoms with E-state index >= 15 is 0 Å². The summed E-state index contributed by atoms with van der Waals surface area (Å²) in [7, 11) is 0. The average molecular weight is 414 g/mol. The lowest BCUT2D eigenvalue weighted by Gasteiger charge is -2.04. The minimum Gasteiger partial charge on any atom is -0.507 e. The van der Waals surface area contributed by atoms with Crippen LogP contribution in [0.15, 0.2) is 71.8 Å². The highest BCUT2D eigenvalue weighted by molar-refractivity contribution is 6.03. The van der Waals surface area contributed by atoms with Gasteiger partial charge < -0.3 is 9.84 Å². The van der Waals surface area contributed by atoms with E-state index in [1.165, 1.54) is 6.21 Å². The molecular formula is C24H22N4O3. The number of carbonyl (C=O) groups is 1. The maximum atomic E-state index is 12.4. The van der Waals surface area contributed by atoms with Gasteiger partial charge >= 0.3 is 0 Å². The van der Waals surface area contributed by atoms with Crippen molar-refractivity contribution in [3.05, 3.63) is 78.0 Å². The highest BCUT2D eigenvalue weighted by Gasteiger charge is 2.11. The van der Waals surface area contributed by atoms with Crippen LogP contribution in [-0.4, -0.2) is 34.0 Å². The molecule has 0 spiro atoms. The molecule has 7 nitrogen and oxygen atoms in total. The van der Waals surface area contributed by atoms with Crippen molar-refractivity contribution in [2.24, 2.45) is 5.10 Å². The number of ether oxygens (including phenoxy) is 1. The van der Waals surface area contributed by atoms with Gasteiger partial charge in [0.15, 0.2) is 0 Å². The Kier molecular flexibility index (Phi) is 5.93. The van der Waals surface area contributed by atoms with Gasteiger partial charge in [-0.05, 0) is 53.6 Å². The number of H-pyrrole nitrogens is 1. The molecule has 31 heavy (non-hydrogen) atoms. The number of hydrogen-bond acceptors (Lipinski definition) is 5. The lowest BCUT2D eigenvalue weighted by molar-refractivity contribution is 0.0950. The van der Waals surface area contributed by atoms with Crippen molar-refractivity contribution < 1.29 is 14.6 Å². The monoisotopic (exact) mass is 414 g/mol. The summed E-state index contributed by atoms with van der Waals surface area (Å²) >= 11 is 0. The topological polar surface area (TPSA) is 99.6 Å². The highest BCUT2D eigenvalue weighted by Crippen LogP contribution is 2.25. The molecule has 0 aliphatic rings. The molecule has 4 aromatic rings. The molecule has 1 amide bonds. The zero-order chi connectivity index (χ0) is 21.6. The number of carbonyl (C=O) groups excluding carboxylic acids is 1. The Hall–Kier alpha value is -4.13. The second-order valence-electron chi connectivity index (χ2n) is 6.96. The highest BCUT2D eigenvalue weighted by atomic mass is 16.5. The standard InChI is InChI=1S/C24H22N4O3/c1-2-13-31-18-10-7-17(8-11-18)21-14-22(27-26-21)24(30)28-25-15-20-19-6-4-3-5-16(19)9-12-23(20)29/h3-12,14-15,29H,2,13H2,1H3,(H,26,27)(H,28,30). The van der Waals surface area contributed by atoms with Crippen molar-refractivity contribution in [1.82, 2.24) is 15.6 Å². The van der Waals surface area contributed by atoms with Gasteiger partial charge in [-0.25, -0.2) is 5.43 Å². The van der Waals surface area contributed by atoms with E-state index in [0.29, 0.717) is 17.9 Å². The van der Waals surface area contributed by atoms with E-state index in [0.717, 1.165) is 28.5 Å². The minimum atomic E-state index is -0.433. The summed E-state index contributed by atoms with van der Waals surface area (Å²) in [6, 6.07) is 20.3. The average Bonchev–Trinajstić information content (AvgIpc) is 3.30. The molecule has 156 valence electrons. The van der Waals surface area contributed by atoms with Gasteiger partial charge in [-0.2, -0.15) is 10.2 Å². The van der Waals surface area contributed by atoms with Gasteiger partial charge in [0, 0.05) is 11.1 Å². The lowest BCUT2D eigenvalue weighted by atomic mass is 10.0. The van der Waals surface area contributed by atoms with Gasteiger partial charge in [0.1, 0.15) is 17.2 Å². The number of aromatic hydroxyl groups is 1. The molecule has 3 aromatic carbocycles. The van der Waals surface area contributed by atoms with Crippen LogP contribution in [0.1, 0.15) is 29.4 Å². The summed E-state index contributed by atoms with van der Waals surface area (Å²) in [6.45, 7) is 2.72. The molecule has 0 unspecified atom stereocenters. The molecule has 1 aromatic heterocycles. The van der Waals surface area contributed by atoms with E-state index in [1.54, 1.807) is 12.1 Å². The maximum absolute atomic E-state index is 12.4. The largest absolute Gasteiger partial charge is 0.507 e. The van der Waals surface area contributed by atoms with Crippen LogP contribution in [0.2, 0.25) is 0 Å². The zero-order valence-corrected chi connectivity index (χ0v) is 17.0. The number of fused-ring (bicyclic) bond motifs is 1. The van der Waals surface area contributed by atoms with Gasteiger partial charge in [0.25, 0.3) is 5.91 Å². The summed E-state index contributed by atoms with van der Waals surface area (Å²) in [5.74, 6) is 0.453. The Morgan fingerprint density at radius 3 is 2.77 bits per heavy atom. The fourth-order valence-corrected chi connectivity index (χ4v) is 3.16. The van der Waals surface area contributed by atoms with E-state index in [4.69, 9.17) is 4.74 Å². The molecule has 0 atom stereocenters. The SMILES string of the molecule is CCCOc1ccc(-c2cc(C(=O)NN=Cc3c(O)ccc4ccccc34)[nH]n2)cc1. The van der Waals surface area contributed by atoms with Crippen LogP contribution < -0.4 is 10.2 Å². The number of phenols is 1. The second kappa shape index (κ2) is 9.13. The molecule has 0 radical (unpaired) electrons.